The lowest BCUT2D eigenvalue weighted by molar-refractivity contribution is 0.552. The number of hydrogen-bond donors (Lipinski definition) is 3. The average Bonchev–Trinajstić information content (AvgIpc) is 2.89. The molecule has 0 spiro atoms. The highest BCUT2D eigenvalue weighted by molar-refractivity contribution is 7.80. The maximum absolute atomic E-state index is 6.14. The van der Waals surface area contributed by atoms with Crippen LogP contribution in [0.2, 0.25) is 0 Å². The van der Waals surface area contributed by atoms with Crippen molar-refractivity contribution in [1.82, 2.24) is 5.32 Å². The number of amidine groups is 1. The largest absolute Gasteiger partial charge is 0.383 e. The number of nitrogens with two attached hydrogens (primary N) is 1. The molecule has 2 aromatic rings. The van der Waals surface area contributed by atoms with E-state index in [0.717, 1.165) is 35.5 Å². The van der Waals surface area contributed by atoms with Gasteiger partial charge in [-0.1, -0.05) is 31.2 Å². The van der Waals surface area contributed by atoms with Crippen LogP contribution in [0.4, 0.5) is 5.69 Å². The van der Waals surface area contributed by atoms with E-state index in [1.165, 1.54) is 11.1 Å². The molecule has 0 aliphatic heterocycles. The minimum atomic E-state index is 0.506. The lowest BCUT2D eigenvalue weighted by atomic mass is 10.1. The van der Waals surface area contributed by atoms with Gasteiger partial charge in [-0.3, -0.25) is 0 Å². The van der Waals surface area contributed by atoms with Gasteiger partial charge in [-0.05, 0) is 48.7 Å². The fourth-order valence-electron chi connectivity index (χ4n) is 3.00. The highest BCUT2D eigenvalue weighted by Crippen LogP contribution is 2.27. The molecule has 0 aromatic heterocycles. The molecule has 2 aromatic carbocycles. The third-order valence-corrected chi connectivity index (χ3v) is 4.43. The van der Waals surface area contributed by atoms with Crippen molar-refractivity contribution in [2.75, 3.05) is 6.54 Å². The molecule has 1 unspecified atom stereocenters. The minimum Gasteiger partial charge on any atom is -0.383 e. The average molecular weight is 311 g/mol. The lowest BCUT2D eigenvalue weighted by Gasteiger charge is -2.08. The molecule has 0 fully saturated rings. The van der Waals surface area contributed by atoms with Gasteiger partial charge in [0, 0.05) is 16.5 Å². The van der Waals surface area contributed by atoms with E-state index in [1.54, 1.807) is 0 Å². The van der Waals surface area contributed by atoms with Gasteiger partial charge in [-0.2, -0.15) is 0 Å². The molecule has 0 saturated heterocycles. The summed E-state index contributed by atoms with van der Waals surface area (Å²) in [6.07, 6.45) is 2.16. The van der Waals surface area contributed by atoms with Crippen LogP contribution in [0.25, 0.3) is 0 Å². The molecule has 1 atom stereocenters. The Morgan fingerprint density at radius 2 is 2.00 bits per heavy atom. The van der Waals surface area contributed by atoms with E-state index in [9.17, 15) is 0 Å². The van der Waals surface area contributed by atoms with Crippen molar-refractivity contribution in [1.29, 1.82) is 0 Å². The molecule has 0 bridgehead atoms. The molecule has 3 rings (SSSR count). The third-order valence-electron chi connectivity index (χ3n) is 4.04. The number of nitrogens with zero attached hydrogens (tertiary/aromatic N) is 1. The van der Waals surface area contributed by atoms with Gasteiger partial charge in [0.1, 0.15) is 5.84 Å². The summed E-state index contributed by atoms with van der Waals surface area (Å²) in [5.41, 5.74) is 10.7. The van der Waals surface area contributed by atoms with Crippen LogP contribution < -0.4 is 11.1 Å². The van der Waals surface area contributed by atoms with Crippen LogP contribution in [-0.2, 0) is 12.8 Å². The minimum absolute atomic E-state index is 0.506. The lowest BCUT2D eigenvalue weighted by Crippen LogP contribution is -2.28. The molecule has 0 amide bonds. The Labute approximate surface area is 137 Å². The second kappa shape index (κ2) is 6.55. The second-order valence-electron chi connectivity index (χ2n) is 5.63. The van der Waals surface area contributed by atoms with E-state index < -0.39 is 0 Å². The van der Waals surface area contributed by atoms with Gasteiger partial charge in [0.05, 0.1) is 5.69 Å². The highest BCUT2D eigenvalue weighted by atomic mass is 32.1. The van der Waals surface area contributed by atoms with E-state index in [-0.39, 0.29) is 0 Å². The van der Waals surface area contributed by atoms with E-state index >= 15 is 0 Å². The molecular formula is C18H21N3S. The Kier molecular flexibility index (Phi) is 4.50. The Hall–Kier alpha value is -1.78. The molecule has 0 heterocycles. The SMILES string of the molecule is CCNC1Cc2ccc(N=C(N)c3ccccc3S)cc2C1. The van der Waals surface area contributed by atoms with Crippen molar-refractivity contribution in [3.63, 3.8) is 0 Å². The summed E-state index contributed by atoms with van der Waals surface area (Å²) in [4.78, 5) is 5.41. The number of rotatable bonds is 4. The Bertz CT molecular complexity index is 709. The summed E-state index contributed by atoms with van der Waals surface area (Å²) in [5.74, 6) is 0.506. The molecular weight excluding hydrogens is 290 g/mol. The van der Waals surface area contributed by atoms with Gasteiger partial charge in [0.25, 0.3) is 0 Å². The van der Waals surface area contributed by atoms with Crippen LogP contribution >= 0.6 is 12.6 Å². The number of thiol groups is 1. The van der Waals surface area contributed by atoms with Crippen molar-refractivity contribution < 1.29 is 0 Å². The standard InChI is InChI=1S/C18H21N3S/c1-2-20-15-9-12-7-8-14(10-13(12)11-15)21-18(19)16-5-3-4-6-17(16)22/h3-8,10,15,20,22H,2,9,11H2,1H3,(H2,19,21). The van der Waals surface area contributed by atoms with E-state index in [1.807, 2.05) is 30.3 Å². The van der Waals surface area contributed by atoms with E-state index in [0.29, 0.717) is 11.9 Å². The number of fused-ring (bicyclic) bond motifs is 1. The number of hydrogen-bond acceptors (Lipinski definition) is 3. The Morgan fingerprint density at radius 3 is 2.77 bits per heavy atom. The summed E-state index contributed by atoms with van der Waals surface area (Å²) in [5, 5.41) is 3.51. The van der Waals surface area contributed by atoms with Gasteiger partial charge in [0.2, 0.25) is 0 Å². The van der Waals surface area contributed by atoms with Crippen molar-refractivity contribution in [2.24, 2.45) is 10.7 Å². The van der Waals surface area contributed by atoms with Crippen molar-refractivity contribution >= 4 is 24.2 Å². The van der Waals surface area contributed by atoms with Crippen molar-refractivity contribution in [3.8, 4) is 0 Å². The predicted molar refractivity (Wildman–Crippen MR) is 95.4 cm³/mol. The van der Waals surface area contributed by atoms with Crippen LogP contribution in [0.3, 0.4) is 0 Å². The molecule has 3 nitrogen and oxygen atoms in total. The second-order valence-corrected chi connectivity index (χ2v) is 6.11. The first-order valence-electron chi connectivity index (χ1n) is 7.65. The molecule has 1 aliphatic rings. The van der Waals surface area contributed by atoms with Crippen LogP contribution in [0.5, 0.6) is 0 Å². The first-order chi connectivity index (χ1) is 10.7. The Balaban J connectivity index is 1.84. The monoisotopic (exact) mass is 311 g/mol. The zero-order valence-electron chi connectivity index (χ0n) is 12.7. The Morgan fingerprint density at radius 1 is 1.23 bits per heavy atom. The first-order valence-corrected chi connectivity index (χ1v) is 8.10. The van der Waals surface area contributed by atoms with Gasteiger partial charge in [-0.25, -0.2) is 4.99 Å². The first kappa shape index (κ1) is 15.1. The third kappa shape index (κ3) is 3.18. The van der Waals surface area contributed by atoms with Crippen LogP contribution in [0.15, 0.2) is 52.4 Å². The summed E-state index contributed by atoms with van der Waals surface area (Å²) in [6.45, 7) is 3.16. The molecule has 114 valence electrons. The maximum Gasteiger partial charge on any atom is 0.132 e. The molecule has 3 N–H and O–H groups in total. The van der Waals surface area contributed by atoms with E-state index in [4.69, 9.17) is 5.73 Å². The molecule has 4 heteroatoms. The van der Waals surface area contributed by atoms with Gasteiger partial charge in [0.15, 0.2) is 0 Å². The predicted octanol–water partition coefficient (Wildman–Crippen LogP) is 3.09. The normalized spacial score (nSPS) is 17.5. The molecule has 22 heavy (non-hydrogen) atoms. The number of benzene rings is 2. The summed E-state index contributed by atoms with van der Waals surface area (Å²) in [7, 11) is 0. The maximum atomic E-state index is 6.14. The molecule has 0 saturated carbocycles. The summed E-state index contributed by atoms with van der Waals surface area (Å²) < 4.78 is 0. The molecule has 0 radical (unpaired) electrons. The van der Waals surface area contributed by atoms with Crippen molar-refractivity contribution in [3.05, 3.63) is 59.2 Å². The zero-order chi connectivity index (χ0) is 15.5. The quantitative estimate of drug-likeness (QED) is 0.462. The summed E-state index contributed by atoms with van der Waals surface area (Å²) >= 11 is 4.43. The zero-order valence-corrected chi connectivity index (χ0v) is 13.6. The fourth-order valence-corrected chi connectivity index (χ4v) is 3.27. The van der Waals surface area contributed by atoms with Crippen molar-refractivity contribution in [2.45, 2.75) is 30.7 Å². The van der Waals surface area contributed by atoms with Gasteiger partial charge < -0.3 is 11.1 Å². The topological polar surface area (TPSA) is 50.4 Å². The number of aliphatic imine (C=N–C) groups is 1. The van der Waals surface area contributed by atoms with Crippen LogP contribution in [0.1, 0.15) is 23.6 Å². The van der Waals surface area contributed by atoms with Gasteiger partial charge in [-0.15, -0.1) is 12.6 Å². The molecule has 1 aliphatic carbocycles. The van der Waals surface area contributed by atoms with Gasteiger partial charge >= 0.3 is 0 Å². The summed E-state index contributed by atoms with van der Waals surface area (Å²) in [6, 6.07) is 14.7. The van der Waals surface area contributed by atoms with E-state index in [2.05, 4.69) is 42.0 Å². The smallest absolute Gasteiger partial charge is 0.132 e. The number of likely N-dealkylation sites (N-methyl/N-ethyl adjacent to an activating group) is 1. The highest BCUT2D eigenvalue weighted by Gasteiger charge is 2.20. The van der Waals surface area contributed by atoms with Crippen LogP contribution in [-0.4, -0.2) is 18.4 Å². The van der Waals surface area contributed by atoms with Crippen LogP contribution in [0, 0.1) is 0 Å². The number of nitrogens with one attached hydrogen (secondary N) is 1. The fraction of sp³-hybridized carbons (Fsp3) is 0.278.